The molecule has 0 bridgehead atoms. The monoisotopic (exact) mass is 270 g/mol. The van der Waals surface area contributed by atoms with Crippen molar-refractivity contribution in [3.05, 3.63) is 54.6 Å². The molecule has 102 valence electrons. The molecule has 0 atom stereocenters. The number of carbonyl (C=O) groups is 3. The maximum Gasteiger partial charge on any atom is 0.334 e. The van der Waals surface area contributed by atoms with Gasteiger partial charge in [-0.3, -0.25) is 19.4 Å². The van der Waals surface area contributed by atoms with Crippen LogP contribution in [0.5, 0.6) is 0 Å². The molecule has 1 aromatic rings. The first-order valence-electron chi connectivity index (χ1n) is 6.15. The van der Waals surface area contributed by atoms with E-state index in [4.69, 9.17) is 0 Å². The van der Waals surface area contributed by atoms with Crippen molar-refractivity contribution in [1.82, 2.24) is 9.80 Å². The lowest BCUT2D eigenvalue weighted by atomic mass is 10.2. The minimum Gasteiger partial charge on any atom is -0.263 e. The minimum absolute atomic E-state index is 0.0440. The number of amides is 4. The van der Waals surface area contributed by atoms with Gasteiger partial charge in [0.1, 0.15) is 0 Å². The van der Waals surface area contributed by atoms with Crippen molar-refractivity contribution in [3.63, 3.8) is 0 Å². The van der Waals surface area contributed by atoms with Gasteiger partial charge in [0.2, 0.25) is 0 Å². The standard InChI is InChI=1S/C15H14N2O3/c1-2-10-16-13(18)14(19)17(15(16)20)11-6-9-12-7-4-3-5-8-12/h2-9H,1,10-11H2. The van der Waals surface area contributed by atoms with E-state index >= 15 is 0 Å². The fraction of sp³-hybridized carbons (Fsp3) is 0.133. The van der Waals surface area contributed by atoms with Gasteiger partial charge in [0.25, 0.3) is 0 Å². The van der Waals surface area contributed by atoms with Crippen LogP contribution in [0.2, 0.25) is 0 Å². The first-order chi connectivity index (χ1) is 9.65. The van der Waals surface area contributed by atoms with E-state index in [9.17, 15) is 14.4 Å². The van der Waals surface area contributed by atoms with Crippen LogP contribution in [-0.4, -0.2) is 40.7 Å². The molecule has 0 spiro atoms. The van der Waals surface area contributed by atoms with Crippen LogP contribution in [0.4, 0.5) is 4.79 Å². The molecule has 1 fully saturated rings. The fourth-order valence-electron chi connectivity index (χ4n) is 1.86. The van der Waals surface area contributed by atoms with Gasteiger partial charge in [0.05, 0.1) is 0 Å². The van der Waals surface area contributed by atoms with E-state index in [1.807, 2.05) is 30.3 Å². The lowest BCUT2D eigenvalue weighted by Crippen LogP contribution is -2.33. The average molecular weight is 270 g/mol. The Kier molecular flexibility index (Phi) is 4.10. The third-order valence-electron chi connectivity index (χ3n) is 2.84. The number of hydrogen-bond acceptors (Lipinski definition) is 3. The van der Waals surface area contributed by atoms with Crippen LogP contribution in [0.15, 0.2) is 49.1 Å². The second-order valence-corrected chi connectivity index (χ2v) is 4.22. The smallest absolute Gasteiger partial charge is 0.263 e. The second kappa shape index (κ2) is 5.97. The van der Waals surface area contributed by atoms with Crippen molar-refractivity contribution in [2.24, 2.45) is 0 Å². The maximum atomic E-state index is 11.9. The first kappa shape index (κ1) is 13.7. The number of rotatable bonds is 5. The number of carbonyl (C=O) groups excluding carboxylic acids is 3. The Morgan fingerprint density at radius 1 is 0.950 bits per heavy atom. The number of imide groups is 2. The molecule has 0 aliphatic carbocycles. The summed E-state index contributed by atoms with van der Waals surface area (Å²) >= 11 is 0. The minimum atomic E-state index is -0.803. The van der Waals surface area contributed by atoms with E-state index in [1.165, 1.54) is 6.08 Å². The normalized spacial score (nSPS) is 15.5. The number of urea groups is 1. The Labute approximate surface area is 116 Å². The maximum absolute atomic E-state index is 11.9. The van der Waals surface area contributed by atoms with Crippen molar-refractivity contribution in [3.8, 4) is 0 Å². The summed E-state index contributed by atoms with van der Waals surface area (Å²) in [4.78, 5) is 37.0. The Morgan fingerprint density at radius 3 is 2.15 bits per heavy atom. The molecule has 0 radical (unpaired) electrons. The zero-order chi connectivity index (χ0) is 14.5. The highest BCUT2D eigenvalue weighted by molar-refractivity contribution is 6.44. The number of benzene rings is 1. The summed E-state index contributed by atoms with van der Waals surface area (Å²) in [5.74, 6) is -1.60. The molecule has 0 saturated carbocycles. The van der Waals surface area contributed by atoms with Gasteiger partial charge in [-0.1, -0.05) is 48.6 Å². The van der Waals surface area contributed by atoms with Crippen LogP contribution in [0.3, 0.4) is 0 Å². The molecule has 0 unspecified atom stereocenters. The van der Waals surface area contributed by atoms with Gasteiger partial charge in [-0.15, -0.1) is 6.58 Å². The van der Waals surface area contributed by atoms with Gasteiger partial charge in [0, 0.05) is 13.1 Å². The summed E-state index contributed by atoms with van der Waals surface area (Å²) < 4.78 is 0. The molecule has 1 aliphatic rings. The highest BCUT2D eigenvalue weighted by atomic mass is 16.2. The SMILES string of the molecule is C=CCN1C(=O)C(=O)N(CC=Cc2ccccc2)C1=O. The molecule has 1 aliphatic heterocycles. The summed E-state index contributed by atoms with van der Waals surface area (Å²) in [6, 6.07) is 8.88. The average Bonchev–Trinajstić information content (AvgIpc) is 2.66. The van der Waals surface area contributed by atoms with Crippen molar-refractivity contribution in [1.29, 1.82) is 0 Å². The number of nitrogens with zero attached hydrogens (tertiary/aromatic N) is 2. The zero-order valence-electron chi connectivity index (χ0n) is 10.9. The van der Waals surface area contributed by atoms with E-state index in [-0.39, 0.29) is 13.1 Å². The largest absolute Gasteiger partial charge is 0.334 e. The van der Waals surface area contributed by atoms with Crippen LogP contribution in [0.1, 0.15) is 5.56 Å². The molecule has 1 saturated heterocycles. The zero-order valence-corrected chi connectivity index (χ0v) is 10.9. The lowest BCUT2D eigenvalue weighted by molar-refractivity contribution is -0.142. The van der Waals surface area contributed by atoms with Crippen LogP contribution in [-0.2, 0) is 9.59 Å². The van der Waals surface area contributed by atoms with Crippen LogP contribution >= 0.6 is 0 Å². The lowest BCUT2D eigenvalue weighted by Gasteiger charge is -2.11. The van der Waals surface area contributed by atoms with Crippen molar-refractivity contribution >= 4 is 23.9 Å². The van der Waals surface area contributed by atoms with Gasteiger partial charge >= 0.3 is 17.8 Å². The summed E-state index contributed by atoms with van der Waals surface area (Å²) in [5.41, 5.74) is 0.959. The summed E-state index contributed by atoms with van der Waals surface area (Å²) in [5, 5.41) is 0. The molecule has 2 rings (SSSR count). The predicted octanol–water partition coefficient (Wildman–Crippen LogP) is 1.68. The van der Waals surface area contributed by atoms with Gasteiger partial charge in [-0.2, -0.15) is 0 Å². The molecule has 0 aromatic heterocycles. The Hall–Kier alpha value is -2.69. The van der Waals surface area contributed by atoms with Crippen molar-refractivity contribution in [2.75, 3.05) is 13.1 Å². The van der Waals surface area contributed by atoms with Gasteiger partial charge in [0.15, 0.2) is 0 Å². The summed E-state index contributed by atoms with van der Waals surface area (Å²) in [6.07, 6.45) is 4.88. The Bertz CT molecular complexity index is 578. The molecular weight excluding hydrogens is 256 g/mol. The van der Waals surface area contributed by atoms with Crippen LogP contribution in [0, 0.1) is 0 Å². The third kappa shape index (κ3) is 2.66. The molecule has 1 aromatic carbocycles. The van der Waals surface area contributed by atoms with Crippen LogP contribution in [0.25, 0.3) is 6.08 Å². The highest BCUT2D eigenvalue weighted by Crippen LogP contribution is 2.12. The third-order valence-corrected chi connectivity index (χ3v) is 2.84. The highest BCUT2D eigenvalue weighted by Gasteiger charge is 2.43. The van der Waals surface area contributed by atoms with E-state index in [2.05, 4.69) is 6.58 Å². The summed E-state index contributed by atoms with van der Waals surface area (Å²) in [7, 11) is 0. The topological polar surface area (TPSA) is 57.7 Å². The van der Waals surface area contributed by atoms with Gasteiger partial charge in [-0.05, 0) is 5.56 Å². The molecule has 20 heavy (non-hydrogen) atoms. The molecule has 5 heteroatoms. The molecule has 1 heterocycles. The summed E-state index contributed by atoms with van der Waals surface area (Å²) in [6.45, 7) is 3.57. The van der Waals surface area contributed by atoms with E-state index in [1.54, 1.807) is 12.2 Å². The molecule has 5 nitrogen and oxygen atoms in total. The molecule has 4 amide bonds. The Morgan fingerprint density at radius 2 is 1.55 bits per heavy atom. The van der Waals surface area contributed by atoms with Gasteiger partial charge < -0.3 is 0 Å². The predicted molar refractivity (Wildman–Crippen MR) is 74.5 cm³/mol. The van der Waals surface area contributed by atoms with Crippen molar-refractivity contribution < 1.29 is 14.4 Å². The fourth-order valence-corrected chi connectivity index (χ4v) is 1.86. The molecule has 0 N–H and O–H groups in total. The quantitative estimate of drug-likeness (QED) is 0.464. The van der Waals surface area contributed by atoms with E-state index in [0.29, 0.717) is 0 Å². The second-order valence-electron chi connectivity index (χ2n) is 4.22. The van der Waals surface area contributed by atoms with Crippen molar-refractivity contribution in [2.45, 2.75) is 0 Å². The van der Waals surface area contributed by atoms with E-state index in [0.717, 1.165) is 15.4 Å². The van der Waals surface area contributed by atoms with Gasteiger partial charge in [-0.25, -0.2) is 4.79 Å². The van der Waals surface area contributed by atoms with Crippen LogP contribution < -0.4 is 0 Å². The Balaban J connectivity index is 2.05. The first-order valence-corrected chi connectivity index (χ1v) is 6.15. The van der Waals surface area contributed by atoms with E-state index < -0.39 is 17.8 Å². The number of hydrogen-bond donors (Lipinski definition) is 0. The molecular formula is C15H14N2O3.